The van der Waals surface area contributed by atoms with Crippen molar-refractivity contribution in [2.24, 2.45) is 5.92 Å². The lowest BCUT2D eigenvalue weighted by Crippen LogP contribution is -2.14. The SMILES string of the molecule is CCc1nc(OCC2CCCC2)cc(=O)[nH]1. The summed E-state index contributed by atoms with van der Waals surface area (Å²) < 4.78 is 5.58. The maximum atomic E-state index is 11.3. The van der Waals surface area contributed by atoms with E-state index < -0.39 is 0 Å². The van der Waals surface area contributed by atoms with Gasteiger partial charge in [0.15, 0.2) is 0 Å². The van der Waals surface area contributed by atoms with Crippen LogP contribution in [0.5, 0.6) is 5.88 Å². The van der Waals surface area contributed by atoms with E-state index in [0.29, 0.717) is 24.2 Å². The van der Waals surface area contributed by atoms with Crippen LogP contribution in [0.15, 0.2) is 10.9 Å². The summed E-state index contributed by atoms with van der Waals surface area (Å²) in [5.74, 6) is 1.80. The van der Waals surface area contributed by atoms with Crippen molar-refractivity contribution in [2.75, 3.05) is 6.61 Å². The first-order valence-corrected chi connectivity index (χ1v) is 6.01. The molecule has 0 saturated heterocycles. The Balaban J connectivity index is 1.97. The van der Waals surface area contributed by atoms with Crippen LogP contribution in [0.1, 0.15) is 38.4 Å². The van der Waals surface area contributed by atoms with E-state index in [-0.39, 0.29) is 5.56 Å². The predicted octanol–water partition coefficient (Wildman–Crippen LogP) is 1.90. The van der Waals surface area contributed by atoms with Crippen LogP contribution in [-0.4, -0.2) is 16.6 Å². The molecule has 1 aliphatic carbocycles. The van der Waals surface area contributed by atoms with E-state index >= 15 is 0 Å². The summed E-state index contributed by atoms with van der Waals surface area (Å²) >= 11 is 0. The number of rotatable bonds is 4. The average molecular weight is 222 g/mol. The van der Waals surface area contributed by atoms with Gasteiger partial charge < -0.3 is 9.72 Å². The summed E-state index contributed by atoms with van der Waals surface area (Å²) in [5.41, 5.74) is -0.131. The standard InChI is InChI=1S/C12H18N2O2/c1-2-10-13-11(15)7-12(14-10)16-8-9-5-3-4-6-9/h7,9H,2-6,8H2,1H3,(H,13,14,15). The first-order valence-electron chi connectivity index (χ1n) is 6.01. The van der Waals surface area contributed by atoms with Crippen LogP contribution >= 0.6 is 0 Å². The molecule has 1 aromatic rings. The van der Waals surface area contributed by atoms with Crippen molar-refractivity contribution < 1.29 is 4.74 Å². The molecule has 1 N–H and O–H groups in total. The molecule has 1 aromatic heterocycles. The van der Waals surface area contributed by atoms with Crippen LogP contribution in [0.25, 0.3) is 0 Å². The number of hydrogen-bond donors (Lipinski definition) is 1. The maximum Gasteiger partial charge on any atom is 0.254 e. The lowest BCUT2D eigenvalue weighted by atomic mass is 10.1. The smallest absolute Gasteiger partial charge is 0.254 e. The maximum absolute atomic E-state index is 11.3. The lowest BCUT2D eigenvalue weighted by Gasteiger charge is -2.10. The second-order valence-corrected chi connectivity index (χ2v) is 4.35. The molecule has 2 rings (SSSR count). The third kappa shape index (κ3) is 2.84. The quantitative estimate of drug-likeness (QED) is 0.846. The minimum Gasteiger partial charge on any atom is -0.477 e. The molecule has 1 fully saturated rings. The summed E-state index contributed by atoms with van der Waals surface area (Å²) in [4.78, 5) is 18.2. The fourth-order valence-electron chi connectivity index (χ4n) is 2.11. The van der Waals surface area contributed by atoms with Gasteiger partial charge in [0, 0.05) is 6.42 Å². The van der Waals surface area contributed by atoms with Crippen molar-refractivity contribution in [2.45, 2.75) is 39.0 Å². The average Bonchev–Trinajstić information content (AvgIpc) is 2.78. The number of nitrogens with zero attached hydrogens (tertiary/aromatic N) is 1. The largest absolute Gasteiger partial charge is 0.477 e. The van der Waals surface area contributed by atoms with Gasteiger partial charge in [-0.05, 0) is 18.8 Å². The zero-order valence-corrected chi connectivity index (χ0v) is 9.66. The third-order valence-electron chi connectivity index (χ3n) is 3.04. The molecule has 0 bridgehead atoms. The fourth-order valence-corrected chi connectivity index (χ4v) is 2.11. The Morgan fingerprint density at radius 1 is 1.50 bits per heavy atom. The Labute approximate surface area is 95.1 Å². The predicted molar refractivity (Wildman–Crippen MR) is 61.7 cm³/mol. The molecule has 0 aliphatic heterocycles. The zero-order valence-electron chi connectivity index (χ0n) is 9.66. The molecule has 1 aliphatic rings. The van der Waals surface area contributed by atoms with E-state index in [1.165, 1.54) is 31.7 Å². The van der Waals surface area contributed by atoms with Gasteiger partial charge in [-0.2, -0.15) is 0 Å². The summed E-state index contributed by atoms with van der Waals surface area (Å²) in [6, 6.07) is 1.42. The van der Waals surface area contributed by atoms with Gasteiger partial charge in [-0.1, -0.05) is 19.8 Å². The number of aromatic amines is 1. The van der Waals surface area contributed by atoms with Gasteiger partial charge in [0.25, 0.3) is 5.56 Å². The summed E-state index contributed by atoms with van der Waals surface area (Å²) in [6.07, 6.45) is 5.80. The lowest BCUT2D eigenvalue weighted by molar-refractivity contribution is 0.242. The van der Waals surface area contributed by atoms with Gasteiger partial charge in [-0.15, -0.1) is 0 Å². The van der Waals surface area contributed by atoms with Crippen LogP contribution in [0, 0.1) is 5.92 Å². The molecule has 1 heterocycles. The van der Waals surface area contributed by atoms with E-state index in [0.717, 1.165) is 6.42 Å². The van der Waals surface area contributed by atoms with E-state index in [4.69, 9.17) is 4.74 Å². The molecule has 0 unspecified atom stereocenters. The first kappa shape index (κ1) is 11.2. The van der Waals surface area contributed by atoms with Crippen molar-refractivity contribution in [1.29, 1.82) is 0 Å². The van der Waals surface area contributed by atoms with Crippen LogP contribution in [0.3, 0.4) is 0 Å². The monoisotopic (exact) mass is 222 g/mol. The molecular formula is C12H18N2O2. The van der Waals surface area contributed by atoms with E-state index in [9.17, 15) is 4.79 Å². The Bertz CT molecular complexity index is 394. The highest BCUT2D eigenvalue weighted by Gasteiger charge is 2.15. The highest BCUT2D eigenvalue weighted by atomic mass is 16.5. The third-order valence-corrected chi connectivity index (χ3v) is 3.04. The Hall–Kier alpha value is -1.32. The van der Waals surface area contributed by atoms with Crippen molar-refractivity contribution in [3.8, 4) is 5.88 Å². The molecule has 4 nitrogen and oxygen atoms in total. The molecule has 88 valence electrons. The van der Waals surface area contributed by atoms with Gasteiger partial charge in [0.05, 0.1) is 12.7 Å². The molecule has 0 amide bonds. The molecule has 0 atom stereocenters. The summed E-state index contributed by atoms with van der Waals surface area (Å²) in [5, 5.41) is 0. The molecular weight excluding hydrogens is 204 g/mol. The Morgan fingerprint density at radius 3 is 2.94 bits per heavy atom. The van der Waals surface area contributed by atoms with Gasteiger partial charge in [-0.25, -0.2) is 4.98 Å². The molecule has 16 heavy (non-hydrogen) atoms. The summed E-state index contributed by atoms with van der Waals surface area (Å²) in [7, 11) is 0. The Morgan fingerprint density at radius 2 is 2.25 bits per heavy atom. The topological polar surface area (TPSA) is 55.0 Å². The number of nitrogens with one attached hydrogen (secondary N) is 1. The van der Waals surface area contributed by atoms with Crippen molar-refractivity contribution in [1.82, 2.24) is 9.97 Å². The summed E-state index contributed by atoms with van der Waals surface area (Å²) in [6.45, 7) is 2.65. The van der Waals surface area contributed by atoms with E-state index in [1.54, 1.807) is 0 Å². The second kappa shape index (κ2) is 5.14. The minimum atomic E-state index is -0.131. The number of aromatic nitrogens is 2. The zero-order chi connectivity index (χ0) is 11.4. The van der Waals surface area contributed by atoms with Crippen molar-refractivity contribution in [3.63, 3.8) is 0 Å². The molecule has 0 aromatic carbocycles. The highest BCUT2D eigenvalue weighted by Crippen LogP contribution is 2.24. The fraction of sp³-hybridized carbons (Fsp3) is 0.667. The normalized spacial score (nSPS) is 16.6. The molecule has 0 radical (unpaired) electrons. The first-order chi connectivity index (χ1) is 7.78. The number of ether oxygens (including phenoxy) is 1. The van der Waals surface area contributed by atoms with Crippen LogP contribution in [-0.2, 0) is 6.42 Å². The number of hydrogen-bond acceptors (Lipinski definition) is 3. The van der Waals surface area contributed by atoms with Gasteiger partial charge >= 0.3 is 0 Å². The van der Waals surface area contributed by atoms with E-state index in [1.807, 2.05) is 6.92 Å². The van der Waals surface area contributed by atoms with Gasteiger partial charge in [0.1, 0.15) is 5.82 Å². The molecule has 0 spiro atoms. The van der Waals surface area contributed by atoms with Crippen LogP contribution in [0.2, 0.25) is 0 Å². The molecule has 4 heteroatoms. The number of H-pyrrole nitrogens is 1. The van der Waals surface area contributed by atoms with Crippen LogP contribution < -0.4 is 10.3 Å². The van der Waals surface area contributed by atoms with Crippen LogP contribution in [0.4, 0.5) is 0 Å². The number of aryl methyl sites for hydroxylation is 1. The minimum absolute atomic E-state index is 0.131. The van der Waals surface area contributed by atoms with Crippen molar-refractivity contribution >= 4 is 0 Å². The van der Waals surface area contributed by atoms with Crippen molar-refractivity contribution in [3.05, 3.63) is 22.2 Å². The van der Waals surface area contributed by atoms with Gasteiger partial charge in [-0.3, -0.25) is 4.79 Å². The Kier molecular flexibility index (Phi) is 3.59. The van der Waals surface area contributed by atoms with Gasteiger partial charge in [0.2, 0.25) is 5.88 Å². The second-order valence-electron chi connectivity index (χ2n) is 4.35. The molecule has 1 saturated carbocycles. The highest BCUT2D eigenvalue weighted by molar-refractivity contribution is 5.08. The van der Waals surface area contributed by atoms with E-state index in [2.05, 4.69) is 9.97 Å².